The van der Waals surface area contributed by atoms with Gasteiger partial charge in [-0.3, -0.25) is 24.6 Å². The van der Waals surface area contributed by atoms with E-state index in [2.05, 4.69) is 62.6 Å². The van der Waals surface area contributed by atoms with E-state index in [1.165, 1.54) is 27.8 Å². The molecule has 10 heteroatoms. The molecule has 2 unspecified atom stereocenters. The van der Waals surface area contributed by atoms with E-state index in [0.717, 1.165) is 70.5 Å². The molecule has 53 heavy (non-hydrogen) atoms. The van der Waals surface area contributed by atoms with Crippen LogP contribution in [0.2, 0.25) is 10.0 Å². The van der Waals surface area contributed by atoms with Crippen LogP contribution in [0.4, 0.5) is 5.69 Å². The zero-order valence-corrected chi connectivity index (χ0v) is 30.7. The van der Waals surface area contributed by atoms with Crippen molar-refractivity contribution >= 4 is 34.8 Å². The predicted molar refractivity (Wildman–Crippen MR) is 208 cm³/mol. The molecule has 1 N–H and O–H groups in total. The van der Waals surface area contributed by atoms with Crippen LogP contribution in [0.5, 0.6) is 0 Å². The number of aryl methyl sites for hydroxylation is 4. The number of nitrogens with one attached hydrogen (secondary N) is 1. The van der Waals surface area contributed by atoms with Gasteiger partial charge in [-0.15, -0.1) is 0 Å². The highest BCUT2D eigenvalue weighted by Crippen LogP contribution is 2.42. The third-order valence-electron chi connectivity index (χ3n) is 11.1. The monoisotopic (exact) mass is 739 g/mol. The molecule has 3 atom stereocenters. The van der Waals surface area contributed by atoms with Gasteiger partial charge in [0.15, 0.2) is 0 Å². The van der Waals surface area contributed by atoms with Gasteiger partial charge in [0.05, 0.1) is 29.8 Å². The zero-order chi connectivity index (χ0) is 35.9. The molecule has 9 rings (SSSR count). The smallest absolute Gasteiger partial charge is 0.243 e. The minimum atomic E-state index is -0.520. The second-order valence-electron chi connectivity index (χ2n) is 14.3. The van der Waals surface area contributed by atoms with Gasteiger partial charge in [0.2, 0.25) is 5.91 Å². The SMILES string of the molecule is O=C(Nc1cccc(Cn2ccnc2)c1)[C@H]1CN(C2c3ccc(Cl)cc3CCc3cccnc32)CCN1C1c2ccc(Cl)cc2CCc2cccnc21. The minimum absolute atomic E-state index is 0.0575. The molecule has 8 nitrogen and oxygen atoms in total. The Hall–Kier alpha value is -4.86. The van der Waals surface area contributed by atoms with E-state index in [1.807, 2.05) is 65.6 Å². The lowest BCUT2D eigenvalue weighted by Crippen LogP contribution is -2.59. The number of nitrogens with zero attached hydrogens (tertiary/aromatic N) is 6. The van der Waals surface area contributed by atoms with E-state index >= 15 is 0 Å². The molecule has 1 saturated heterocycles. The molecule has 0 spiro atoms. The first kappa shape index (κ1) is 33.9. The molecule has 1 fully saturated rings. The molecule has 3 aliphatic rings. The van der Waals surface area contributed by atoms with Crippen molar-refractivity contribution in [2.45, 2.75) is 50.4 Å². The molecule has 2 aliphatic carbocycles. The summed E-state index contributed by atoms with van der Waals surface area (Å²) >= 11 is 13.2. The molecule has 266 valence electrons. The van der Waals surface area contributed by atoms with Crippen molar-refractivity contribution in [1.29, 1.82) is 0 Å². The lowest BCUT2D eigenvalue weighted by atomic mass is 9.92. The first-order valence-corrected chi connectivity index (χ1v) is 19.0. The van der Waals surface area contributed by atoms with Gasteiger partial charge in [-0.1, -0.05) is 59.6 Å². The first-order chi connectivity index (χ1) is 26.0. The molecule has 3 aromatic carbocycles. The van der Waals surface area contributed by atoms with Crippen molar-refractivity contribution in [3.05, 3.63) is 176 Å². The zero-order valence-electron chi connectivity index (χ0n) is 29.2. The van der Waals surface area contributed by atoms with Gasteiger partial charge in [-0.2, -0.15) is 0 Å². The van der Waals surface area contributed by atoms with Crippen LogP contribution in [0.15, 0.2) is 116 Å². The number of imidazole rings is 1. The Morgan fingerprint density at radius 1 is 0.717 bits per heavy atom. The number of halogens is 2. The average molecular weight is 741 g/mol. The van der Waals surface area contributed by atoms with Crippen molar-refractivity contribution in [1.82, 2.24) is 29.3 Å². The topological polar surface area (TPSA) is 79.2 Å². The summed E-state index contributed by atoms with van der Waals surface area (Å²) < 4.78 is 2.02. The summed E-state index contributed by atoms with van der Waals surface area (Å²) in [5.74, 6) is -0.0575. The second kappa shape index (κ2) is 14.5. The summed E-state index contributed by atoms with van der Waals surface area (Å²) in [5, 5.41) is 4.80. The van der Waals surface area contributed by atoms with E-state index in [4.69, 9.17) is 33.2 Å². The van der Waals surface area contributed by atoms with Crippen LogP contribution in [-0.2, 0) is 37.0 Å². The Balaban J connectivity index is 1.13. The molecular weight excluding hydrogens is 701 g/mol. The number of aromatic nitrogens is 4. The minimum Gasteiger partial charge on any atom is -0.333 e. The molecule has 6 aromatic rings. The van der Waals surface area contributed by atoms with Crippen LogP contribution in [-0.4, -0.2) is 60.9 Å². The number of benzene rings is 3. The van der Waals surface area contributed by atoms with E-state index in [0.29, 0.717) is 19.6 Å². The van der Waals surface area contributed by atoms with Crippen LogP contribution in [0.1, 0.15) is 62.4 Å². The maximum absolute atomic E-state index is 15.0. The summed E-state index contributed by atoms with van der Waals surface area (Å²) in [4.78, 5) is 34.0. The molecule has 4 heterocycles. The van der Waals surface area contributed by atoms with Gasteiger partial charge in [-0.05, 0) is 113 Å². The number of hydrogen-bond donors (Lipinski definition) is 1. The number of carbonyl (C=O) groups excluding carboxylic acids is 1. The number of piperazine rings is 1. The van der Waals surface area contributed by atoms with Gasteiger partial charge in [-0.25, -0.2) is 4.98 Å². The van der Waals surface area contributed by atoms with E-state index in [9.17, 15) is 4.79 Å². The fourth-order valence-corrected chi connectivity index (χ4v) is 9.02. The molecule has 3 aromatic heterocycles. The summed E-state index contributed by atoms with van der Waals surface area (Å²) in [6, 6.07) is 28.0. The fraction of sp³-hybridized carbons (Fsp3) is 0.256. The van der Waals surface area contributed by atoms with Crippen LogP contribution >= 0.6 is 23.2 Å². The number of carbonyl (C=O) groups is 1. The Morgan fingerprint density at radius 3 is 2.06 bits per heavy atom. The lowest BCUT2D eigenvalue weighted by Gasteiger charge is -2.47. The highest BCUT2D eigenvalue weighted by molar-refractivity contribution is 6.31. The quantitative estimate of drug-likeness (QED) is 0.189. The molecule has 0 bridgehead atoms. The fourth-order valence-electron chi connectivity index (χ4n) is 8.63. The maximum atomic E-state index is 15.0. The summed E-state index contributed by atoms with van der Waals surface area (Å²) in [5.41, 5.74) is 11.1. The summed E-state index contributed by atoms with van der Waals surface area (Å²) in [6.07, 6.45) is 12.8. The molecule has 0 radical (unpaired) electrons. The van der Waals surface area contributed by atoms with E-state index in [1.54, 1.807) is 12.5 Å². The Kier molecular flexibility index (Phi) is 9.30. The summed E-state index contributed by atoms with van der Waals surface area (Å²) in [7, 11) is 0. The summed E-state index contributed by atoms with van der Waals surface area (Å²) in [6.45, 7) is 2.52. The number of fused-ring (bicyclic) bond motifs is 4. The van der Waals surface area contributed by atoms with Crippen LogP contribution in [0, 0.1) is 0 Å². The largest absolute Gasteiger partial charge is 0.333 e. The number of rotatable bonds is 6. The lowest BCUT2D eigenvalue weighted by molar-refractivity contribution is -0.125. The third kappa shape index (κ3) is 6.77. The van der Waals surface area contributed by atoms with Crippen molar-refractivity contribution in [2.75, 3.05) is 25.0 Å². The van der Waals surface area contributed by atoms with Gasteiger partial charge in [0, 0.05) is 66.7 Å². The Bertz CT molecular complexity index is 2290. The normalized spacial score (nSPS) is 19.9. The highest BCUT2D eigenvalue weighted by Gasteiger charge is 2.43. The highest BCUT2D eigenvalue weighted by atomic mass is 35.5. The molecule has 1 aliphatic heterocycles. The standard InChI is InChI=1S/C43H39Cl2N7O/c44-33-12-14-36-31(23-33)10-8-29-5-2-16-47-39(29)41(36)51-20-21-52(42-37-15-13-34(45)24-32(37)11-9-30-6-3-17-48-40(30)42)38(26-51)43(53)49-35-7-1-4-28(22-35)25-50-19-18-46-27-50/h1-7,12-19,22-24,27,38,41-42H,8-11,20-21,25-26H2,(H,49,53)/t38-,41?,42?/m1/s1. The maximum Gasteiger partial charge on any atom is 0.243 e. The predicted octanol–water partition coefficient (Wildman–Crippen LogP) is 7.73. The number of pyridine rings is 2. The van der Waals surface area contributed by atoms with Crippen molar-refractivity contribution in [2.24, 2.45) is 0 Å². The van der Waals surface area contributed by atoms with Gasteiger partial charge in [0.1, 0.15) is 6.04 Å². The van der Waals surface area contributed by atoms with Gasteiger partial charge < -0.3 is 9.88 Å². The van der Waals surface area contributed by atoms with Gasteiger partial charge in [0.25, 0.3) is 0 Å². The number of hydrogen-bond acceptors (Lipinski definition) is 6. The number of amides is 1. The van der Waals surface area contributed by atoms with Crippen molar-refractivity contribution in [3.63, 3.8) is 0 Å². The molecule has 0 saturated carbocycles. The van der Waals surface area contributed by atoms with Crippen molar-refractivity contribution < 1.29 is 4.79 Å². The van der Waals surface area contributed by atoms with Crippen molar-refractivity contribution in [3.8, 4) is 0 Å². The Labute approximate surface area is 319 Å². The number of anilines is 1. The van der Waals surface area contributed by atoms with Crippen LogP contribution in [0.25, 0.3) is 0 Å². The van der Waals surface area contributed by atoms with E-state index in [-0.39, 0.29) is 18.0 Å². The average Bonchev–Trinajstić information content (AvgIpc) is 3.56. The second-order valence-corrected chi connectivity index (χ2v) is 15.1. The van der Waals surface area contributed by atoms with Gasteiger partial charge >= 0.3 is 0 Å². The molecule has 1 amide bonds. The third-order valence-corrected chi connectivity index (χ3v) is 11.5. The first-order valence-electron chi connectivity index (χ1n) is 18.3. The molecular formula is C43H39Cl2N7O. The van der Waals surface area contributed by atoms with E-state index < -0.39 is 6.04 Å². The Morgan fingerprint density at radius 2 is 1.38 bits per heavy atom. The van der Waals surface area contributed by atoms with Crippen LogP contribution < -0.4 is 5.32 Å². The van der Waals surface area contributed by atoms with Crippen LogP contribution in [0.3, 0.4) is 0 Å².